The van der Waals surface area contributed by atoms with Crippen LogP contribution in [-0.4, -0.2) is 74.3 Å². The fourth-order valence-electron chi connectivity index (χ4n) is 8.35. The summed E-state index contributed by atoms with van der Waals surface area (Å²) in [6.07, 6.45) is 50.6. The van der Waals surface area contributed by atoms with Crippen LogP contribution >= 0.6 is 7.82 Å². The Labute approximate surface area is 403 Å². The molecule has 0 aromatic heterocycles. The molecule has 0 aromatic rings. The maximum atomic E-state index is 13.4. The number of phosphoric acid groups is 1. The van der Waals surface area contributed by atoms with E-state index in [9.17, 15) is 19.0 Å². The van der Waals surface area contributed by atoms with Crippen LogP contribution in [-0.2, 0) is 27.9 Å². The van der Waals surface area contributed by atoms with Crippen LogP contribution in [0.3, 0.4) is 0 Å². The molecule has 0 aliphatic rings. The van der Waals surface area contributed by atoms with E-state index in [-0.39, 0.29) is 25.1 Å². The highest BCUT2D eigenvalue weighted by atomic mass is 31.2. The molecule has 9 nitrogen and oxygen atoms in total. The molecule has 0 bridgehead atoms. The maximum absolute atomic E-state index is 13.4. The summed E-state index contributed by atoms with van der Waals surface area (Å²) in [5.41, 5.74) is 0. The number of hydrogen-bond donors (Lipinski definition) is 2. The SMILES string of the molecule is CCCCCCCCCCC/C=C\C(OC(=O)CCCCCCCCCCCCCCCCCCC)C(COP(=O)(O)OCC[N+](C)(C)C)NC(=O)CCCCCCCCCCCCC. The van der Waals surface area contributed by atoms with E-state index in [0.717, 1.165) is 57.8 Å². The second kappa shape index (κ2) is 46.5. The first kappa shape index (κ1) is 63.8. The Bertz CT molecular complexity index is 1130. The highest BCUT2D eigenvalue weighted by molar-refractivity contribution is 7.47. The van der Waals surface area contributed by atoms with E-state index in [1.165, 1.54) is 186 Å². The highest BCUT2D eigenvalue weighted by Crippen LogP contribution is 2.43. The summed E-state index contributed by atoms with van der Waals surface area (Å²) in [7, 11) is 1.51. The highest BCUT2D eigenvalue weighted by Gasteiger charge is 2.30. The van der Waals surface area contributed by atoms with Crippen molar-refractivity contribution in [2.24, 2.45) is 0 Å². The topological polar surface area (TPSA) is 111 Å². The lowest BCUT2D eigenvalue weighted by Gasteiger charge is -2.27. The predicted molar refractivity (Wildman–Crippen MR) is 277 cm³/mol. The summed E-state index contributed by atoms with van der Waals surface area (Å²) < 4.78 is 30.5. The van der Waals surface area contributed by atoms with Crippen molar-refractivity contribution in [2.75, 3.05) is 40.9 Å². The van der Waals surface area contributed by atoms with Crippen molar-refractivity contribution in [3.8, 4) is 0 Å². The van der Waals surface area contributed by atoms with Crippen molar-refractivity contribution in [2.45, 2.75) is 290 Å². The van der Waals surface area contributed by atoms with Gasteiger partial charge in [0.2, 0.25) is 5.91 Å². The van der Waals surface area contributed by atoms with Gasteiger partial charge in [-0.3, -0.25) is 18.6 Å². The lowest BCUT2D eigenvalue weighted by molar-refractivity contribution is -0.870. The summed E-state index contributed by atoms with van der Waals surface area (Å²) in [6.45, 7) is 7.03. The number of unbranched alkanes of at least 4 members (excludes halogenated alkanes) is 35. The van der Waals surface area contributed by atoms with E-state index in [0.29, 0.717) is 23.9 Å². The van der Waals surface area contributed by atoms with E-state index >= 15 is 0 Å². The fraction of sp³-hybridized carbons (Fsp3) is 0.927. The molecule has 1 amide bonds. The second-order valence-corrected chi connectivity index (χ2v) is 21.9. The summed E-state index contributed by atoms with van der Waals surface area (Å²) in [5.74, 6) is -0.491. The molecule has 0 saturated heterocycles. The zero-order valence-electron chi connectivity index (χ0n) is 44.0. The van der Waals surface area contributed by atoms with Gasteiger partial charge in [-0.1, -0.05) is 245 Å². The van der Waals surface area contributed by atoms with Crippen LogP contribution in [0, 0.1) is 0 Å². The number of phosphoric ester groups is 1. The smallest absolute Gasteiger partial charge is 0.456 e. The number of carbonyl (C=O) groups excluding carboxylic acids is 2. The van der Waals surface area contributed by atoms with Gasteiger partial charge in [0.05, 0.1) is 33.8 Å². The molecular formula is C55H110N2O7P+. The molecule has 3 unspecified atom stereocenters. The van der Waals surface area contributed by atoms with Gasteiger partial charge in [0.1, 0.15) is 19.3 Å². The molecule has 0 heterocycles. The summed E-state index contributed by atoms with van der Waals surface area (Å²) in [6, 6.07) is -0.837. The predicted octanol–water partition coefficient (Wildman–Crippen LogP) is 16.4. The molecule has 0 aromatic carbocycles. The number of quaternary nitrogens is 1. The molecule has 10 heteroatoms. The Morgan fingerprint density at radius 3 is 1.26 bits per heavy atom. The second-order valence-electron chi connectivity index (χ2n) is 20.5. The Morgan fingerprint density at radius 1 is 0.523 bits per heavy atom. The van der Waals surface area contributed by atoms with Crippen molar-refractivity contribution in [1.82, 2.24) is 5.32 Å². The van der Waals surface area contributed by atoms with Crippen LogP contribution in [0.5, 0.6) is 0 Å². The Morgan fingerprint density at radius 2 is 0.877 bits per heavy atom. The van der Waals surface area contributed by atoms with Crippen LogP contribution < -0.4 is 5.32 Å². The third kappa shape index (κ3) is 47.6. The van der Waals surface area contributed by atoms with Crippen molar-refractivity contribution in [3.05, 3.63) is 12.2 Å². The van der Waals surface area contributed by atoms with Crippen molar-refractivity contribution >= 4 is 19.7 Å². The molecule has 2 N–H and O–H groups in total. The van der Waals surface area contributed by atoms with Gasteiger partial charge in [0.15, 0.2) is 0 Å². The quantitative estimate of drug-likeness (QED) is 0.0205. The van der Waals surface area contributed by atoms with Gasteiger partial charge in [0, 0.05) is 12.8 Å². The van der Waals surface area contributed by atoms with Gasteiger partial charge < -0.3 is 19.4 Å². The zero-order valence-corrected chi connectivity index (χ0v) is 44.9. The summed E-state index contributed by atoms with van der Waals surface area (Å²) >= 11 is 0. The van der Waals surface area contributed by atoms with Crippen LogP contribution in [0.15, 0.2) is 12.2 Å². The minimum absolute atomic E-state index is 0.0452. The molecule has 65 heavy (non-hydrogen) atoms. The molecule has 3 atom stereocenters. The van der Waals surface area contributed by atoms with Gasteiger partial charge in [-0.05, 0) is 31.8 Å². The number of amides is 1. The summed E-state index contributed by atoms with van der Waals surface area (Å²) in [4.78, 5) is 37.4. The minimum Gasteiger partial charge on any atom is -0.456 e. The third-order valence-electron chi connectivity index (χ3n) is 12.7. The zero-order chi connectivity index (χ0) is 48.0. The molecule has 0 radical (unpaired) electrons. The number of likely N-dealkylation sites (N-methyl/N-ethyl adjacent to an activating group) is 1. The average molecular weight is 942 g/mol. The van der Waals surface area contributed by atoms with E-state index < -0.39 is 20.0 Å². The average Bonchev–Trinajstić information content (AvgIpc) is 3.26. The first-order valence-electron chi connectivity index (χ1n) is 28.0. The third-order valence-corrected chi connectivity index (χ3v) is 13.7. The lowest BCUT2D eigenvalue weighted by Crippen LogP contribution is -2.47. The largest absolute Gasteiger partial charge is 0.472 e. The monoisotopic (exact) mass is 942 g/mol. The molecule has 0 aliphatic heterocycles. The number of nitrogens with zero attached hydrogens (tertiary/aromatic N) is 1. The van der Waals surface area contributed by atoms with Crippen molar-refractivity contribution in [3.63, 3.8) is 0 Å². The number of hydrogen-bond acceptors (Lipinski definition) is 6. The molecule has 0 aliphatic carbocycles. The number of rotatable bonds is 51. The minimum atomic E-state index is -4.43. The molecule has 0 saturated carbocycles. The number of allylic oxidation sites excluding steroid dienone is 1. The van der Waals surface area contributed by atoms with Gasteiger partial charge in [-0.25, -0.2) is 4.57 Å². The van der Waals surface area contributed by atoms with Crippen molar-refractivity contribution in [1.29, 1.82) is 0 Å². The van der Waals surface area contributed by atoms with Crippen LogP contribution in [0.2, 0.25) is 0 Å². The van der Waals surface area contributed by atoms with Gasteiger partial charge in [-0.2, -0.15) is 0 Å². The maximum Gasteiger partial charge on any atom is 0.472 e. The standard InChI is InChI=1S/C55H109N2O7P/c1-7-10-13-16-19-22-25-26-27-28-29-30-33-36-39-42-45-48-55(59)64-53(46-43-40-37-34-31-23-20-17-14-11-8-2)52(51-63-65(60,61)62-50-49-57(4,5)6)56-54(58)47-44-41-38-35-32-24-21-18-15-12-9-3/h43,46,52-53H,7-42,44-45,47-51H2,1-6H3,(H-,56,58,60,61)/p+1/b46-43-. The fourth-order valence-corrected chi connectivity index (χ4v) is 9.09. The summed E-state index contributed by atoms with van der Waals surface area (Å²) in [5, 5.41) is 3.04. The number of carbonyl (C=O) groups is 2. The normalized spacial score (nSPS) is 13.9. The molecule has 0 fully saturated rings. The Balaban J connectivity index is 5.27. The molecule has 386 valence electrons. The Hall–Kier alpha value is -1.25. The van der Waals surface area contributed by atoms with E-state index in [1.807, 2.05) is 33.3 Å². The molecule has 0 spiro atoms. The number of esters is 1. The van der Waals surface area contributed by atoms with Gasteiger partial charge >= 0.3 is 13.8 Å². The van der Waals surface area contributed by atoms with E-state index in [4.69, 9.17) is 13.8 Å². The first-order chi connectivity index (χ1) is 31.4. The van der Waals surface area contributed by atoms with E-state index in [2.05, 4.69) is 26.1 Å². The van der Waals surface area contributed by atoms with Crippen LogP contribution in [0.4, 0.5) is 0 Å². The van der Waals surface area contributed by atoms with Gasteiger partial charge in [-0.15, -0.1) is 0 Å². The van der Waals surface area contributed by atoms with Crippen LogP contribution in [0.1, 0.15) is 278 Å². The van der Waals surface area contributed by atoms with E-state index in [1.54, 1.807) is 0 Å². The molecule has 0 rings (SSSR count). The Kier molecular flexibility index (Phi) is 45.6. The number of ether oxygens (including phenoxy) is 1. The lowest BCUT2D eigenvalue weighted by atomic mass is 10.0. The van der Waals surface area contributed by atoms with Gasteiger partial charge in [0.25, 0.3) is 0 Å². The van der Waals surface area contributed by atoms with Crippen LogP contribution in [0.25, 0.3) is 0 Å². The number of nitrogens with one attached hydrogen (secondary N) is 1. The van der Waals surface area contributed by atoms with Crippen molar-refractivity contribution < 1.29 is 37.3 Å². The molecular weight excluding hydrogens is 832 g/mol. The first-order valence-corrected chi connectivity index (χ1v) is 29.5.